The molecule has 10 nitrogen and oxygen atoms in total. The van der Waals surface area contributed by atoms with Gasteiger partial charge in [0.2, 0.25) is 5.75 Å². The van der Waals surface area contributed by atoms with Gasteiger partial charge in [0, 0.05) is 12.6 Å². The Labute approximate surface area is 172 Å². The highest BCUT2D eigenvalue weighted by molar-refractivity contribution is 5.91. The first kappa shape index (κ1) is 21.2. The van der Waals surface area contributed by atoms with Crippen molar-refractivity contribution in [1.82, 2.24) is 4.90 Å². The minimum atomic E-state index is -0.838. The van der Waals surface area contributed by atoms with E-state index < -0.39 is 27.2 Å². The number of carbonyl (C=O) groups is 1. The van der Waals surface area contributed by atoms with Crippen LogP contribution in [0.1, 0.15) is 29.6 Å². The fourth-order valence-corrected chi connectivity index (χ4v) is 3.17. The summed E-state index contributed by atoms with van der Waals surface area (Å²) < 4.78 is 10.8. The largest absolute Gasteiger partial charge is 0.492 e. The predicted octanol–water partition coefficient (Wildman–Crippen LogP) is 3.59. The molecule has 0 spiro atoms. The molecule has 1 heterocycles. The van der Waals surface area contributed by atoms with Crippen LogP contribution in [0.5, 0.6) is 11.5 Å². The summed E-state index contributed by atoms with van der Waals surface area (Å²) in [4.78, 5) is 35.0. The lowest BCUT2D eigenvalue weighted by Crippen LogP contribution is -2.33. The number of rotatable bonds is 8. The predicted molar refractivity (Wildman–Crippen MR) is 107 cm³/mol. The molecule has 0 atom stereocenters. The SMILES string of the molecule is O=C(Oc1ccc([N+](=O)[O-])cc1[N+](=O)[O-])c1ccc(OCCN2CCCCC2)cc1. The van der Waals surface area contributed by atoms with E-state index in [2.05, 4.69) is 4.90 Å². The second-order valence-electron chi connectivity index (χ2n) is 6.83. The summed E-state index contributed by atoms with van der Waals surface area (Å²) >= 11 is 0. The van der Waals surface area contributed by atoms with E-state index in [1.807, 2.05) is 0 Å². The van der Waals surface area contributed by atoms with Gasteiger partial charge in [-0.05, 0) is 56.3 Å². The van der Waals surface area contributed by atoms with Crippen molar-refractivity contribution in [2.24, 2.45) is 0 Å². The molecular formula is C20H21N3O7. The number of likely N-dealkylation sites (tertiary alicyclic amines) is 1. The first-order valence-corrected chi connectivity index (χ1v) is 9.54. The molecule has 0 unspecified atom stereocenters. The molecule has 0 amide bonds. The number of nitro groups is 2. The number of hydrogen-bond acceptors (Lipinski definition) is 8. The Morgan fingerprint density at radius 1 is 0.967 bits per heavy atom. The van der Waals surface area contributed by atoms with E-state index in [1.165, 1.54) is 31.4 Å². The zero-order valence-corrected chi connectivity index (χ0v) is 16.2. The van der Waals surface area contributed by atoms with E-state index in [9.17, 15) is 25.0 Å². The van der Waals surface area contributed by atoms with Crippen LogP contribution in [0.4, 0.5) is 11.4 Å². The van der Waals surface area contributed by atoms with Gasteiger partial charge in [0.25, 0.3) is 5.69 Å². The van der Waals surface area contributed by atoms with E-state index in [1.54, 1.807) is 12.1 Å². The molecule has 158 valence electrons. The first-order chi connectivity index (χ1) is 14.4. The maximum Gasteiger partial charge on any atom is 0.343 e. The van der Waals surface area contributed by atoms with Crippen molar-refractivity contribution in [1.29, 1.82) is 0 Å². The third kappa shape index (κ3) is 5.51. The molecule has 0 aromatic heterocycles. The van der Waals surface area contributed by atoms with Gasteiger partial charge in [0.1, 0.15) is 12.4 Å². The minimum Gasteiger partial charge on any atom is -0.492 e. The monoisotopic (exact) mass is 415 g/mol. The number of nitrogens with zero attached hydrogens (tertiary/aromatic N) is 3. The van der Waals surface area contributed by atoms with Gasteiger partial charge >= 0.3 is 11.7 Å². The zero-order chi connectivity index (χ0) is 21.5. The third-order valence-electron chi connectivity index (χ3n) is 4.77. The zero-order valence-electron chi connectivity index (χ0n) is 16.2. The van der Waals surface area contributed by atoms with Crippen molar-refractivity contribution in [2.45, 2.75) is 19.3 Å². The lowest BCUT2D eigenvalue weighted by molar-refractivity contribution is -0.394. The summed E-state index contributed by atoms with van der Waals surface area (Å²) in [6.07, 6.45) is 3.70. The van der Waals surface area contributed by atoms with Crippen molar-refractivity contribution in [2.75, 3.05) is 26.2 Å². The second kappa shape index (κ2) is 9.79. The van der Waals surface area contributed by atoms with Gasteiger partial charge in [0.05, 0.1) is 21.5 Å². The first-order valence-electron chi connectivity index (χ1n) is 9.54. The van der Waals surface area contributed by atoms with Crippen molar-refractivity contribution < 1.29 is 24.1 Å². The van der Waals surface area contributed by atoms with Crippen LogP contribution in [0.15, 0.2) is 42.5 Å². The van der Waals surface area contributed by atoms with Gasteiger partial charge in [-0.2, -0.15) is 0 Å². The van der Waals surface area contributed by atoms with Gasteiger partial charge in [0.15, 0.2) is 0 Å². The average molecular weight is 415 g/mol. The Morgan fingerprint density at radius 3 is 2.30 bits per heavy atom. The maximum atomic E-state index is 12.3. The van der Waals surface area contributed by atoms with Crippen molar-refractivity contribution in [3.63, 3.8) is 0 Å². The van der Waals surface area contributed by atoms with Crippen LogP contribution in [-0.2, 0) is 0 Å². The third-order valence-corrected chi connectivity index (χ3v) is 4.77. The van der Waals surface area contributed by atoms with Crippen molar-refractivity contribution in [3.05, 3.63) is 68.3 Å². The summed E-state index contributed by atoms with van der Waals surface area (Å²) in [5.41, 5.74) is -0.950. The van der Waals surface area contributed by atoms with Crippen LogP contribution < -0.4 is 9.47 Å². The summed E-state index contributed by atoms with van der Waals surface area (Å²) in [6.45, 7) is 3.55. The average Bonchev–Trinajstić information content (AvgIpc) is 2.75. The lowest BCUT2D eigenvalue weighted by Gasteiger charge is -2.26. The van der Waals surface area contributed by atoms with Crippen LogP contribution in [0.25, 0.3) is 0 Å². The van der Waals surface area contributed by atoms with Gasteiger partial charge in [-0.25, -0.2) is 4.79 Å². The maximum absolute atomic E-state index is 12.3. The number of benzene rings is 2. The Kier molecular flexibility index (Phi) is 6.91. The Hall–Kier alpha value is -3.53. The van der Waals surface area contributed by atoms with Crippen LogP contribution in [0.2, 0.25) is 0 Å². The van der Waals surface area contributed by atoms with Crippen LogP contribution in [0.3, 0.4) is 0 Å². The number of ether oxygens (including phenoxy) is 2. The van der Waals surface area contributed by atoms with Crippen molar-refractivity contribution >= 4 is 17.3 Å². The van der Waals surface area contributed by atoms with E-state index >= 15 is 0 Å². The van der Waals surface area contributed by atoms with E-state index in [0.717, 1.165) is 37.8 Å². The Balaban J connectivity index is 1.59. The molecule has 1 fully saturated rings. The molecule has 10 heteroatoms. The highest BCUT2D eigenvalue weighted by Gasteiger charge is 2.23. The molecule has 30 heavy (non-hydrogen) atoms. The summed E-state index contributed by atoms with van der Waals surface area (Å²) in [7, 11) is 0. The van der Waals surface area contributed by atoms with E-state index in [0.29, 0.717) is 12.4 Å². The Morgan fingerprint density at radius 2 is 1.67 bits per heavy atom. The summed E-state index contributed by atoms with van der Waals surface area (Å²) in [6, 6.07) is 9.06. The molecule has 0 aliphatic carbocycles. The Bertz CT molecular complexity index is 924. The molecule has 3 rings (SSSR count). The highest BCUT2D eigenvalue weighted by atomic mass is 16.6. The second-order valence-corrected chi connectivity index (χ2v) is 6.83. The van der Waals surface area contributed by atoms with Gasteiger partial charge in [-0.15, -0.1) is 0 Å². The topological polar surface area (TPSA) is 125 Å². The molecular weight excluding hydrogens is 394 g/mol. The lowest BCUT2D eigenvalue weighted by atomic mass is 10.1. The number of esters is 1. The van der Waals surface area contributed by atoms with Gasteiger partial charge in [-0.1, -0.05) is 6.42 Å². The molecule has 1 aliphatic rings. The molecule has 0 bridgehead atoms. The fourth-order valence-electron chi connectivity index (χ4n) is 3.17. The highest BCUT2D eigenvalue weighted by Crippen LogP contribution is 2.31. The van der Waals surface area contributed by atoms with Crippen LogP contribution in [0, 0.1) is 20.2 Å². The van der Waals surface area contributed by atoms with Gasteiger partial charge in [-0.3, -0.25) is 25.1 Å². The number of carbonyl (C=O) groups excluding carboxylic acids is 1. The molecule has 0 N–H and O–H groups in total. The molecule has 2 aromatic carbocycles. The standard InChI is InChI=1S/C20H21N3O7/c24-20(30-19-9-6-16(22(25)26)14-18(19)23(27)28)15-4-7-17(8-5-15)29-13-12-21-10-2-1-3-11-21/h4-9,14H,1-3,10-13H2. The minimum absolute atomic E-state index is 0.172. The number of hydrogen-bond donors (Lipinski definition) is 0. The van der Waals surface area contributed by atoms with Crippen LogP contribution >= 0.6 is 0 Å². The molecule has 0 saturated carbocycles. The number of non-ortho nitro benzene ring substituents is 1. The summed E-state index contributed by atoms with van der Waals surface area (Å²) in [5.74, 6) is -0.575. The van der Waals surface area contributed by atoms with Gasteiger partial charge < -0.3 is 9.47 Å². The van der Waals surface area contributed by atoms with Crippen LogP contribution in [-0.4, -0.2) is 47.0 Å². The van der Waals surface area contributed by atoms with E-state index in [-0.39, 0.29) is 11.3 Å². The molecule has 2 aromatic rings. The normalized spacial score (nSPS) is 14.1. The fraction of sp³-hybridized carbons (Fsp3) is 0.350. The molecule has 0 radical (unpaired) electrons. The smallest absolute Gasteiger partial charge is 0.343 e. The van der Waals surface area contributed by atoms with E-state index in [4.69, 9.17) is 9.47 Å². The summed E-state index contributed by atoms with van der Waals surface area (Å²) in [5, 5.41) is 21.9. The number of nitro benzene ring substituents is 2. The molecule has 1 saturated heterocycles. The molecule has 1 aliphatic heterocycles. The van der Waals surface area contributed by atoms with Crippen molar-refractivity contribution in [3.8, 4) is 11.5 Å². The quantitative estimate of drug-likeness (QED) is 0.277. The number of piperidine rings is 1.